The maximum absolute atomic E-state index is 12.9. The van der Waals surface area contributed by atoms with Gasteiger partial charge in [0.2, 0.25) is 5.91 Å². The van der Waals surface area contributed by atoms with Crippen molar-refractivity contribution in [1.29, 1.82) is 0 Å². The Bertz CT molecular complexity index is 797. The summed E-state index contributed by atoms with van der Waals surface area (Å²) >= 11 is 0. The van der Waals surface area contributed by atoms with Gasteiger partial charge in [-0.05, 0) is 72.8 Å². The first-order chi connectivity index (χ1) is 12.5. The lowest BCUT2D eigenvalue weighted by molar-refractivity contribution is -0.137. The zero-order valence-electron chi connectivity index (χ0n) is 17.1. The number of sulfone groups is 1. The minimum atomic E-state index is -4.61. The van der Waals surface area contributed by atoms with Crippen LogP contribution in [0.3, 0.4) is 0 Å². The molecular weight excluding hydrogens is 393 g/mol. The van der Waals surface area contributed by atoms with Gasteiger partial charge in [0.1, 0.15) is 0 Å². The highest BCUT2D eigenvalue weighted by Crippen LogP contribution is 2.34. The second-order valence-electron chi connectivity index (χ2n) is 8.57. The smallest absolute Gasteiger partial charge is 0.350 e. The largest absolute Gasteiger partial charge is 0.416 e. The Morgan fingerprint density at radius 3 is 2.18 bits per heavy atom. The van der Waals surface area contributed by atoms with Crippen LogP contribution < -0.4 is 5.32 Å². The third-order valence-electron chi connectivity index (χ3n) is 4.22. The van der Waals surface area contributed by atoms with Crippen LogP contribution in [0.2, 0.25) is 0 Å². The molecule has 1 N–H and O–H groups in total. The van der Waals surface area contributed by atoms with Crippen LogP contribution in [-0.4, -0.2) is 49.6 Å². The maximum Gasteiger partial charge on any atom is 0.416 e. The molecule has 0 saturated heterocycles. The van der Waals surface area contributed by atoms with Gasteiger partial charge in [-0.1, -0.05) is 6.07 Å². The number of halogens is 3. The second kappa shape index (κ2) is 8.41. The Hall–Kier alpha value is -1.61. The Morgan fingerprint density at radius 2 is 1.68 bits per heavy atom. The molecule has 5 nitrogen and oxygen atoms in total. The van der Waals surface area contributed by atoms with E-state index in [1.54, 1.807) is 11.9 Å². The molecule has 0 aromatic heterocycles. The summed E-state index contributed by atoms with van der Waals surface area (Å²) < 4.78 is 63.2. The van der Waals surface area contributed by atoms with E-state index < -0.39 is 26.3 Å². The Labute approximate surface area is 165 Å². The molecule has 0 bridgehead atoms. The van der Waals surface area contributed by atoms with Crippen molar-refractivity contribution in [2.24, 2.45) is 0 Å². The van der Waals surface area contributed by atoms with Crippen LogP contribution in [0, 0.1) is 0 Å². The third kappa shape index (κ3) is 6.77. The molecule has 0 fully saturated rings. The number of rotatable bonds is 7. The average Bonchev–Trinajstić information content (AvgIpc) is 2.50. The van der Waals surface area contributed by atoms with Gasteiger partial charge in [-0.3, -0.25) is 9.69 Å². The van der Waals surface area contributed by atoms with Crippen LogP contribution in [0.5, 0.6) is 0 Å². The monoisotopic (exact) mass is 422 g/mol. The van der Waals surface area contributed by atoms with Gasteiger partial charge in [0.05, 0.1) is 21.8 Å². The summed E-state index contributed by atoms with van der Waals surface area (Å²) in [4.78, 5) is 13.3. The van der Waals surface area contributed by atoms with Crippen molar-refractivity contribution < 1.29 is 26.4 Å². The molecule has 9 heteroatoms. The second-order valence-corrected chi connectivity index (χ2v) is 11.2. The molecule has 0 aliphatic carbocycles. The van der Waals surface area contributed by atoms with Gasteiger partial charge in [-0.25, -0.2) is 8.42 Å². The van der Waals surface area contributed by atoms with Gasteiger partial charge >= 0.3 is 6.18 Å². The molecule has 1 aromatic rings. The topological polar surface area (TPSA) is 66.5 Å². The number of likely N-dealkylation sites (N-methyl/N-ethyl adjacent to an activating group) is 1. The summed E-state index contributed by atoms with van der Waals surface area (Å²) in [5.74, 6) is -0.187. The van der Waals surface area contributed by atoms with E-state index in [1.165, 1.54) is 19.9 Å². The Kier molecular flexibility index (Phi) is 7.33. The molecule has 0 aliphatic heterocycles. The number of hydrogen-bond acceptors (Lipinski definition) is 4. The number of hydrogen-bond donors (Lipinski definition) is 1. The SMILES string of the molecule is CN(CCC(C)(C)S(=O)(=O)c1cccc(C(F)(F)F)c1)CC(=O)NC(C)(C)C. The molecule has 0 spiro atoms. The summed E-state index contributed by atoms with van der Waals surface area (Å²) in [7, 11) is -2.31. The van der Waals surface area contributed by atoms with Crippen molar-refractivity contribution in [1.82, 2.24) is 10.2 Å². The average molecular weight is 423 g/mol. The molecule has 160 valence electrons. The molecule has 0 saturated carbocycles. The summed E-state index contributed by atoms with van der Waals surface area (Å²) in [6.07, 6.45) is -4.46. The molecule has 0 heterocycles. The zero-order valence-corrected chi connectivity index (χ0v) is 18.0. The van der Waals surface area contributed by atoms with Gasteiger partial charge in [0.25, 0.3) is 0 Å². The van der Waals surface area contributed by atoms with E-state index in [-0.39, 0.29) is 29.3 Å². The van der Waals surface area contributed by atoms with Crippen molar-refractivity contribution >= 4 is 15.7 Å². The summed E-state index contributed by atoms with van der Waals surface area (Å²) in [6, 6.07) is 3.77. The van der Waals surface area contributed by atoms with E-state index in [0.717, 1.165) is 12.1 Å². The normalized spacial score (nSPS) is 13.6. The molecule has 1 rings (SSSR count). The highest BCUT2D eigenvalue weighted by molar-refractivity contribution is 7.92. The lowest BCUT2D eigenvalue weighted by Crippen LogP contribution is -2.46. The first kappa shape index (κ1) is 24.4. The molecule has 1 aromatic carbocycles. The predicted octanol–water partition coefficient (Wildman–Crippen LogP) is 3.49. The van der Waals surface area contributed by atoms with Gasteiger partial charge in [-0.15, -0.1) is 0 Å². The van der Waals surface area contributed by atoms with Crippen LogP contribution >= 0.6 is 0 Å². The highest BCUT2D eigenvalue weighted by atomic mass is 32.2. The van der Waals surface area contributed by atoms with Crippen molar-refractivity contribution in [3.05, 3.63) is 29.8 Å². The van der Waals surface area contributed by atoms with E-state index >= 15 is 0 Å². The molecule has 0 unspecified atom stereocenters. The van der Waals surface area contributed by atoms with Gasteiger partial charge in [0.15, 0.2) is 9.84 Å². The molecule has 0 atom stereocenters. The summed E-state index contributed by atoms with van der Waals surface area (Å²) in [6.45, 7) is 8.91. The number of benzene rings is 1. The highest BCUT2D eigenvalue weighted by Gasteiger charge is 2.38. The Morgan fingerprint density at radius 1 is 1.11 bits per heavy atom. The number of amides is 1. The van der Waals surface area contributed by atoms with Crippen LogP contribution in [0.1, 0.15) is 46.6 Å². The van der Waals surface area contributed by atoms with E-state index in [4.69, 9.17) is 0 Å². The number of alkyl halides is 3. The first-order valence-electron chi connectivity index (χ1n) is 8.87. The fourth-order valence-corrected chi connectivity index (χ4v) is 4.07. The first-order valence-corrected chi connectivity index (χ1v) is 10.4. The third-order valence-corrected chi connectivity index (χ3v) is 6.76. The van der Waals surface area contributed by atoms with E-state index in [1.807, 2.05) is 20.8 Å². The van der Waals surface area contributed by atoms with Crippen molar-refractivity contribution in [3.63, 3.8) is 0 Å². The van der Waals surface area contributed by atoms with Crippen LogP contribution in [0.25, 0.3) is 0 Å². The fourth-order valence-electron chi connectivity index (χ4n) is 2.54. The van der Waals surface area contributed by atoms with E-state index in [0.29, 0.717) is 12.6 Å². The number of nitrogens with one attached hydrogen (secondary N) is 1. The quantitative estimate of drug-likeness (QED) is 0.731. The molecule has 0 aliphatic rings. The van der Waals surface area contributed by atoms with E-state index in [9.17, 15) is 26.4 Å². The van der Waals surface area contributed by atoms with Crippen LogP contribution in [0.4, 0.5) is 13.2 Å². The van der Waals surface area contributed by atoms with Crippen LogP contribution in [0.15, 0.2) is 29.2 Å². The van der Waals surface area contributed by atoms with E-state index in [2.05, 4.69) is 5.32 Å². The minimum absolute atomic E-state index is 0.0942. The molecule has 28 heavy (non-hydrogen) atoms. The van der Waals surface area contributed by atoms with Crippen molar-refractivity contribution in [2.45, 2.75) is 62.4 Å². The zero-order chi connectivity index (χ0) is 22.0. The van der Waals surface area contributed by atoms with Gasteiger partial charge in [0, 0.05) is 5.54 Å². The predicted molar refractivity (Wildman–Crippen MR) is 103 cm³/mol. The minimum Gasteiger partial charge on any atom is -0.350 e. The van der Waals surface area contributed by atoms with Crippen molar-refractivity contribution in [3.8, 4) is 0 Å². The lowest BCUT2D eigenvalue weighted by Gasteiger charge is -2.28. The fraction of sp³-hybridized carbons (Fsp3) is 0.632. The lowest BCUT2D eigenvalue weighted by atomic mass is 10.1. The maximum atomic E-state index is 12.9. The number of carbonyl (C=O) groups is 1. The number of carbonyl (C=O) groups excluding carboxylic acids is 1. The summed E-state index contributed by atoms with van der Waals surface area (Å²) in [5, 5.41) is 2.82. The Balaban J connectivity index is 2.87. The standard InChI is InChI=1S/C19H29F3N2O3S/c1-17(2,3)23-16(25)13-24(6)11-10-18(4,5)28(26,27)15-9-7-8-14(12-15)19(20,21)22/h7-9,12H,10-11,13H2,1-6H3,(H,23,25). The molecular formula is C19H29F3N2O3S. The van der Waals surface area contributed by atoms with Gasteiger partial charge < -0.3 is 5.32 Å². The summed E-state index contributed by atoms with van der Waals surface area (Å²) in [5.41, 5.74) is -1.37. The molecule has 0 radical (unpaired) electrons. The molecule has 1 amide bonds. The van der Waals surface area contributed by atoms with Crippen molar-refractivity contribution in [2.75, 3.05) is 20.1 Å². The van der Waals surface area contributed by atoms with Gasteiger partial charge in [-0.2, -0.15) is 13.2 Å². The van der Waals surface area contributed by atoms with Crippen LogP contribution in [-0.2, 0) is 20.8 Å². The number of nitrogens with zero attached hydrogens (tertiary/aromatic N) is 1.